The highest BCUT2D eigenvalue weighted by molar-refractivity contribution is 5.69. The molecule has 94 valence electrons. The van der Waals surface area contributed by atoms with Crippen LogP contribution in [0.4, 0.5) is 0 Å². The zero-order valence-electron chi connectivity index (χ0n) is 10.0. The minimum absolute atomic E-state index is 0.0952. The van der Waals surface area contributed by atoms with E-state index >= 15 is 0 Å². The summed E-state index contributed by atoms with van der Waals surface area (Å²) in [5.74, 6) is -0.458. The summed E-state index contributed by atoms with van der Waals surface area (Å²) in [6, 6.07) is 3.26. The van der Waals surface area contributed by atoms with Crippen LogP contribution in [-0.4, -0.2) is 28.4 Å². The lowest BCUT2D eigenvalue weighted by atomic mass is 10.2. The molecule has 0 aliphatic heterocycles. The summed E-state index contributed by atoms with van der Waals surface area (Å²) in [6.07, 6.45) is 0.592. The fourth-order valence-electron chi connectivity index (χ4n) is 1.46. The van der Waals surface area contributed by atoms with Crippen molar-refractivity contribution in [2.24, 2.45) is 0 Å². The molecule has 0 aliphatic carbocycles. The average molecular weight is 239 g/mol. The molecule has 0 amide bonds. The van der Waals surface area contributed by atoms with Gasteiger partial charge < -0.3 is 14.4 Å². The number of nitrogens with zero attached hydrogens (tertiary/aromatic N) is 1. The van der Waals surface area contributed by atoms with Crippen LogP contribution < -0.4 is 5.56 Å². The molecule has 1 aromatic heterocycles. The van der Waals surface area contributed by atoms with Crippen molar-refractivity contribution in [1.82, 2.24) is 4.57 Å². The van der Waals surface area contributed by atoms with Crippen LogP contribution in [0, 0.1) is 6.92 Å². The Bertz CT molecular complexity index is 438. The summed E-state index contributed by atoms with van der Waals surface area (Å²) in [7, 11) is 0. The standard InChI is InChI=1S/C12H17NO4/c1-3-17-12(16)7-10(14)8-13-5-4-9(2)6-11(13)15/h4-6,10,14H,3,7-8H2,1-2H3. The van der Waals surface area contributed by atoms with Crippen molar-refractivity contribution in [2.45, 2.75) is 32.9 Å². The Kier molecular flexibility index (Phi) is 4.90. The van der Waals surface area contributed by atoms with E-state index in [1.54, 1.807) is 19.2 Å². The molecule has 0 fully saturated rings. The van der Waals surface area contributed by atoms with Gasteiger partial charge in [0.25, 0.3) is 5.56 Å². The van der Waals surface area contributed by atoms with Crippen LogP contribution in [0.1, 0.15) is 18.9 Å². The van der Waals surface area contributed by atoms with Gasteiger partial charge in [0.1, 0.15) is 0 Å². The number of aryl methyl sites for hydroxylation is 1. The maximum Gasteiger partial charge on any atom is 0.308 e. The smallest absolute Gasteiger partial charge is 0.308 e. The largest absolute Gasteiger partial charge is 0.466 e. The number of pyridine rings is 1. The molecule has 0 bridgehead atoms. The van der Waals surface area contributed by atoms with Crippen molar-refractivity contribution < 1.29 is 14.6 Å². The Morgan fingerprint density at radius 2 is 2.29 bits per heavy atom. The van der Waals surface area contributed by atoms with Crippen molar-refractivity contribution in [3.05, 3.63) is 34.2 Å². The van der Waals surface area contributed by atoms with Gasteiger partial charge >= 0.3 is 5.97 Å². The van der Waals surface area contributed by atoms with Crippen molar-refractivity contribution in [2.75, 3.05) is 6.61 Å². The number of aliphatic hydroxyl groups excluding tert-OH is 1. The first kappa shape index (κ1) is 13.4. The molecule has 5 heteroatoms. The SMILES string of the molecule is CCOC(=O)CC(O)Cn1ccc(C)cc1=O. The van der Waals surface area contributed by atoms with Crippen molar-refractivity contribution in [3.8, 4) is 0 Å². The van der Waals surface area contributed by atoms with Gasteiger partial charge in [0, 0.05) is 12.3 Å². The van der Waals surface area contributed by atoms with Gasteiger partial charge in [0.05, 0.1) is 25.7 Å². The molecule has 1 heterocycles. The van der Waals surface area contributed by atoms with E-state index in [0.717, 1.165) is 5.56 Å². The van der Waals surface area contributed by atoms with Crippen LogP contribution in [0.2, 0.25) is 0 Å². The van der Waals surface area contributed by atoms with Gasteiger partial charge in [-0.2, -0.15) is 0 Å². The van der Waals surface area contributed by atoms with E-state index in [2.05, 4.69) is 0 Å². The van der Waals surface area contributed by atoms with Gasteiger partial charge in [-0.15, -0.1) is 0 Å². The van der Waals surface area contributed by atoms with E-state index in [0.29, 0.717) is 0 Å². The molecule has 1 rings (SSSR count). The summed E-state index contributed by atoms with van der Waals surface area (Å²) >= 11 is 0. The van der Waals surface area contributed by atoms with Crippen molar-refractivity contribution >= 4 is 5.97 Å². The van der Waals surface area contributed by atoms with Crippen LogP contribution in [0.25, 0.3) is 0 Å². The third kappa shape index (κ3) is 4.40. The Morgan fingerprint density at radius 1 is 1.59 bits per heavy atom. The molecule has 1 aromatic rings. The highest BCUT2D eigenvalue weighted by Gasteiger charge is 2.12. The Balaban J connectivity index is 2.59. The third-order valence-electron chi connectivity index (χ3n) is 2.27. The summed E-state index contributed by atoms with van der Waals surface area (Å²) in [4.78, 5) is 22.6. The highest BCUT2D eigenvalue weighted by Crippen LogP contribution is 1.99. The number of hydrogen-bond acceptors (Lipinski definition) is 4. The molecule has 1 N–H and O–H groups in total. The van der Waals surface area contributed by atoms with E-state index < -0.39 is 12.1 Å². The number of hydrogen-bond donors (Lipinski definition) is 1. The fourth-order valence-corrected chi connectivity index (χ4v) is 1.46. The van der Waals surface area contributed by atoms with Gasteiger partial charge in [-0.25, -0.2) is 0 Å². The normalized spacial score (nSPS) is 12.2. The lowest BCUT2D eigenvalue weighted by Gasteiger charge is -2.11. The molecule has 1 atom stereocenters. The first-order valence-corrected chi connectivity index (χ1v) is 5.53. The molecule has 0 aromatic carbocycles. The van der Waals surface area contributed by atoms with E-state index in [4.69, 9.17) is 4.74 Å². The number of ether oxygens (including phenoxy) is 1. The number of carbonyl (C=O) groups excluding carboxylic acids is 1. The van der Waals surface area contributed by atoms with E-state index in [9.17, 15) is 14.7 Å². The zero-order chi connectivity index (χ0) is 12.8. The molecular formula is C12H17NO4. The molecule has 0 saturated heterocycles. The Morgan fingerprint density at radius 3 is 2.88 bits per heavy atom. The molecule has 1 unspecified atom stereocenters. The molecule has 0 radical (unpaired) electrons. The second-order valence-electron chi connectivity index (χ2n) is 3.86. The van der Waals surface area contributed by atoms with Gasteiger partial charge in [-0.1, -0.05) is 0 Å². The third-order valence-corrected chi connectivity index (χ3v) is 2.27. The van der Waals surface area contributed by atoms with E-state index in [1.807, 2.05) is 6.92 Å². The molecular weight excluding hydrogens is 222 g/mol. The molecule has 5 nitrogen and oxygen atoms in total. The second kappa shape index (κ2) is 6.20. The number of carbonyl (C=O) groups is 1. The zero-order valence-corrected chi connectivity index (χ0v) is 10.0. The van der Waals surface area contributed by atoms with Crippen molar-refractivity contribution in [3.63, 3.8) is 0 Å². The van der Waals surface area contributed by atoms with Gasteiger partial charge in [-0.3, -0.25) is 9.59 Å². The number of rotatable bonds is 5. The summed E-state index contributed by atoms with van der Waals surface area (Å²) in [5, 5.41) is 9.63. The quantitative estimate of drug-likeness (QED) is 0.758. The van der Waals surface area contributed by atoms with Crippen LogP contribution in [0.5, 0.6) is 0 Å². The summed E-state index contributed by atoms with van der Waals surface area (Å²) in [6.45, 7) is 3.91. The number of aliphatic hydroxyl groups is 1. The van der Waals surface area contributed by atoms with Gasteiger partial charge in [0.2, 0.25) is 0 Å². The van der Waals surface area contributed by atoms with Gasteiger partial charge in [-0.05, 0) is 25.5 Å². The van der Waals surface area contributed by atoms with Crippen LogP contribution in [0.3, 0.4) is 0 Å². The first-order valence-electron chi connectivity index (χ1n) is 5.53. The number of aromatic nitrogens is 1. The van der Waals surface area contributed by atoms with E-state index in [1.165, 1.54) is 10.6 Å². The Labute approximate surface area is 99.6 Å². The predicted octanol–water partition coefficient (Wildman–Crippen LogP) is 0.471. The minimum Gasteiger partial charge on any atom is -0.466 e. The fraction of sp³-hybridized carbons (Fsp3) is 0.500. The molecule has 17 heavy (non-hydrogen) atoms. The van der Waals surface area contributed by atoms with Crippen LogP contribution in [-0.2, 0) is 16.1 Å². The number of esters is 1. The monoisotopic (exact) mass is 239 g/mol. The maximum atomic E-state index is 11.5. The second-order valence-corrected chi connectivity index (χ2v) is 3.86. The van der Waals surface area contributed by atoms with Gasteiger partial charge in [0.15, 0.2) is 0 Å². The van der Waals surface area contributed by atoms with Crippen LogP contribution >= 0.6 is 0 Å². The minimum atomic E-state index is -0.908. The first-order chi connectivity index (χ1) is 8.02. The average Bonchev–Trinajstić information content (AvgIpc) is 2.22. The van der Waals surface area contributed by atoms with Crippen LogP contribution in [0.15, 0.2) is 23.1 Å². The summed E-state index contributed by atoms with van der Waals surface area (Å²) in [5.41, 5.74) is 0.680. The molecule has 0 saturated carbocycles. The predicted molar refractivity (Wildman–Crippen MR) is 62.7 cm³/mol. The lowest BCUT2D eigenvalue weighted by molar-refractivity contribution is -0.145. The summed E-state index contributed by atoms with van der Waals surface area (Å²) < 4.78 is 6.09. The maximum absolute atomic E-state index is 11.5. The Hall–Kier alpha value is -1.62. The topological polar surface area (TPSA) is 68.5 Å². The lowest BCUT2D eigenvalue weighted by Crippen LogP contribution is -2.27. The molecule has 0 spiro atoms. The highest BCUT2D eigenvalue weighted by atomic mass is 16.5. The van der Waals surface area contributed by atoms with E-state index in [-0.39, 0.29) is 25.1 Å². The van der Waals surface area contributed by atoms with Crippen molar-refractivity contribution in [1.29, 1.82) is 0 Å². The molecule has 0 aliphatic rings.